The first-order chi connectivity index (χ1) is 21.4. The Bertz CT molecular complexity index is 1800. The first kappa shape index (κ1) is 31.7. The van der Waals surface area contributed by atoms with E-state index in [0.717, 1.165) is 20.8 Å². The summed E-state index contributed by atoms with van der Waals surface area (Å²) in [7, 11) is 1.58. The Morgan fingerprint density at radius 2 is 1.60 bits per heavy atom. The summed E-state index contributed by atoms with van der Waals surface area (Å²) in [5.41, 5.74) is 1.74. The molecule has 0 fully saturated rings. The number of hydrogen-bond acceptors (Lipinski definition) is 6. The standard InChI is InChI=1S/C35H34BrN3O6/c1-21(40)22-10-12-23(13-11-22)32(41)39-20-28(37-34(43)45-35(2,3)4)33(42)38(29-8-6-7-9-30(29)39)19-27-26-16-15-25(36)18-24(26)14-17-31(27)44-5/h6-18,28H,19-20H2,1-5H3,(H,37,43)/t28-/m0/s1. The second-order valence-electron chi connectivity index (χ2n) is 11.8. The maximum Gasteiger partial charge on any atom is 0.408 e. The van der Waals surface area contributed by atoms with Gasteiger partial charge in [-0.2, -0.15) is 0 Å². The third-order valence-electron chi connectivity index (χ3n) is 7.45. The van der Waals surface area contributed by atoms with Crippen LogP contribution in [0.25, 0.3) is 10.8 Å². The molecule has 0 bridgehead atoms. The van der Waals surface area contributed by atoms with E-state index in [1.807, 2.05) is 30.3 Å². The molecule has 10 heteroatoms. The number of para-hydroxylation sites is 2. The lowest BCUT2D eigenvalue weighted by Gasteiger charge is -2.27. The fourth-order valence-corrected chi connectivity index (χ4v) is 5.74. The summed E-state index contributed by atoms with van der Waals surface area (Å²) >= 11 is 3.53. The molecule has 9 nitrogen and oxygen atoms in total. The van der Waals surface area contributed by atoms with E-state index in [0.29, 0.717) is 28.3 Å². The van der Waals surface area contributed by atoms with Gasteiger partial charge in [0.2, 0.25) is 0 Å². The van der Waals surface area contributed by atoms with Gasteiger partial charge in [-0.15, -0.1) is 0 Å². The SMILES string of the molecule is COc1ccc2cc(Br)ccc2c1CN1C(=O)[C@@H](NC(=O)OC(C)(C)C)CN(C(=O)c2ccc(C(C)=O)cc2)c2ccccc21. The molecule has 4 aromatic rings. The van der Waals surface area contributed by atoms with E-state index < -0.39 is 29.6 Å². The molecular formula is C35H34BrN3O6. The molecule has 4 aromatic carbocycles. The van der Waals surface area contributed by atoms with Crippen LogP contribution < -0.4 is 19.9 Å². The number of anilines is 2. The summed E-state index contributed by atoms with van der Waals surface area (Å²) in [5, 5.41) is 4.56. The number of nitrogens with zero attached hydrogens (tertiary/aromatic N) is 2. The quantitative estimate of drug-likeness (QED) is 0.224. The highest BCUT2D eigenvalue weighted by Gasteiger charge is 2.38. The molecule has 1 heterocycles. The van der Waals surface area contributed by atoms with Gasteiger partial charge in [-0.1, -0.05) is 52.3 Å². The topological polar surface area (TPSA) is 105 Å². The van der Waals surface area contributed by atoms with Crippen LogP contribution in [0, 0.1) is 0 Å². The van der Waals surface area contributed by atoms with Gasteiger partial charge >= 0.3 is 6.09 Å². The average molecular weight is 673 g/mol. The Kier molecular flexibility index (Phi) is 8.97. The Morgan fingerprint density at radius 3 is 2.24 bits per heavy atom. The van der Waals surface area contributed by atoms with E-state index >= 15 is 0 Å². The maximum atomic E-state index is 14.5. The van der Waals surface area contributed by atoms with Crippen molar-refractivity contribution >= 4 is 61.8 Å². The van der Waals surface area contributed by atoms with Crippen molar-refractivity contribution in [2.75, 3.05) is 23.5 Å². The van der Waals surface area contributed by atoms with E-state index in [1.54, 1.807) is 81.3 Å². The van der Waals surface area contributed by atoms with Crippen LogP contribution in [0.4, 0.5) is 16.2 Å². The van der Waals surface area contributed by atoms with Crippen LogP contribution in [0.1, 0.15) is 54.0 Å². The Balaban J connectivity index is 1.63. The highest BCUT2D eigenvalue weighted by molar-refractivity contribution is 9.10. The van der Waals surface area contributed by atoms with Crippen LogP contribution in [0.15, 0.2) is 83.3 Å². The zero-order valence-corrected chi connectivity index (χ0v) is 27.3. The number of ether oxygens (including phenoxy) is 2. The molecule has 0 spiro atoms. The molecule has 0 aliphatic carbocycles. The van der Waals surface area contributed by atoms with E-state index in [1.165, 1.54) is 11.8 Å². The Labute approximate surface area is 270 Å². The number of amides is 3. The van der Waals surface area contributed by atoms with Crippen LogP contribution in [-0.4, -0.2) is 49.0 Å². The fourth-order valence-electron chi connectivity index (χ4n) is 5.36. The van der Waals surface area contributed by atoms with Crippen LogP contribution in [0.5, 0.6) is 5.75 Å². The molecule has 3 amide bonds. The Hall–Kier alpha value is -4.70. The van der Waals surface area contributed by atoms with Gasteiger partial charge in [0.25, 0.3) is 11.8 Å². The van der Waals surface area contributed by atoms with Gasteiger partial charge in [0, 0.05) is 21.2 Å². The summed E-state index contributed by atoms with van der Waals surface area (Å²) in [5.74, 6) is -0.342. The number of halogens is 1. The maximum absolute atomic E-state index is 14.5. The molecule has 0 saturated heterocycles. The van der Waals surface area contributed by atoms with E-state index in [9.17, 15) is 19.2 Å². The van der Waals surface area contributed by atoms with E-state index in [4.69, 9.17) is 9.47 Å². The van der Waals surface area contributed by atoms with Crippen molar-refractivity contribution < 1.29 is 28.7 Å². The molecule has 0 aromatic heterocycles. The number of alkyl carbamates (subject to hydrolysis) is 1. The minimum atomic E-state index is -1.15. The first-order valence-corrected chi connectivity index (χ1v) is 15.2. The van der Waals surface area contributed by atoms with Gasteiger partial charge in [-0.25, -0.2) is 4.79 Å². The Morgan fingerprint density at radius 1 is 0.933 bits per heavy atom. The highest BCUT2D eigenvalue weighted by atomic mass is 79.9. The van der Waals surface area contributed by atoms with Gasteiger partial charge in [-0.3, -0.25) is 14.4 Å². The molecule has 1 N–H and O–H groups in total. The first-order valence-electron chi connectivity index (χ1n) is 14.4. The summed E-state index contributed by atoms with van der Waals surface area (Å²) in [4.78, 5) is 56.5. The molecule has 0 radical (unpaired) electrons. The summed E-state index contributed by atoms with van der Waals surface area (Å²) < 4.78 is 12.2. The number of hydrogen-bond donors (Lipinski definition) is 1. The van der Waals surface area contributed by atoms with Gasteiger partial charge in [0.1, 0.15) is 17.4 Å². The van der Waals surface area contributed by atoms with E-state index in [2.05, 4.69) is 21.2 Å². The van der Waals surface area contributed by atoms with E-state index in [-0.39, 0.29) is 18.9 Å². The zero-order chi connectivity index (χ0) is 32.5. The van der Waals surface area contributed by atoms with Crippen molar-refractivity contribution in [3.63, 3.8) is 0 Å². The largest absolute Gasteiger partial charge is 0.496 e. The number of methoxy groups -OCH3 is 1. The van der Waals surface area contributed by atoms with Gasteiger partial charge in [-0.05, 0) is 80.9 Å². The predicted molar refractivity (Wildman–Crippen MR) is 177 cm³/mol. The van der Waals surface area contributed by atoms with Crippen LogP contribution >= 0.6 is 15.9 Å². The average Bonchev–Trinajstić information content (AvgIpc) is 3.10. The molecule has 232 valence electrons. The number of carbonyl (C=O) groups excluding carboxylic acids is 4. The number of nitrogens with one attached hydrogen (secondary N) is 1. The predicted octanol–water partition coefficient (Wildman–Crippen LogP) is 6.90. The smallest absolute Gasteiger partial charge is 0.408 e. The third kappa shape index (κ3) is 6.86. The molecular weight excluding hydrogens is 638 g/mol. The number of rotatable bonds is 6. The van der Waals surface area contributed by atoms with Crippen LogP contribution in [0.3, 0.4) is 0 Å². The van der Waals surface area contributed by atoms with Crippen molar-refractivity contribution in [2.24, 2.45) is 0 Å². The molecule has 1 aliphatic heterocycles. The van der Waals surface area contributed by atoms with Crippen molar-refractivity contribution in [3.05, 3.63) is 100 Å². The zero-order valence-electron chi connectivity index (χ0n) is 25.7. The van der Waals surface area contributed by atoms with Crippen molar-refractivity contribution in [2.45, 2.75) is 45.9 Å². The summed E-state index contributed by atoms with van der Waals surface area (Å²) in [6.45, 7) is 6.59. The summed E-state index contributed by atoms with van der Waals surface area (Å²) in [6, 6.07) is 22.0. The number of ketones is 1. The molecule has 5 rings (SSSR count). The monoisotopic (exact) mass is 671 g/mol. The van der Waals surface area contributed by atoms with Crippen molar-refractivity contribution in [3.8, 4) is 5.75 Å². The second-order valence-corrected chi connectivity index (χ2v) is 12.7. The molecule has 0 unspecified atom stereocenters. The van der Waals surface area contributed by atoms with Gasteiger partial charge in [0.15, 0.2) is 5.78 Å². The fraction of sp³-hybridized carbons (Fsp3) is 0.257. The van der Waals surface area contributed by atoms with Crippen molar-refractivity contribution in [1.82, 2.24) is 5.32 Å². The summed E-state index contributed by atoms with van der Waals surface area (Å²) in [6.07, 6.45) is -0.780. The number of Topliss-reactive ketones (excluding diaryl/α,β-unsaturated/α-hetero) is 1. The van der Waals surface area contributed by atoms with Gasteiger partial charge in [0.05, 0.1) is 31.6 Å². The molecule has 1 atom stereocenters. The highest BCUT2D eigenvalue weighted by Crippen LogP contribution is 2.38. The molecule has 0 saturated carbocycles. The van der Waals surface area contributed by atoms with Crippen molar-refractivity contribution in [1.29, 1.82) is 0 Å². The molecule has 45 heavy (non-hydrogen) atoms. The van der Waals surface area contributed by atoms with Crippen LogP contribution in [-0.2, 0) is 16.1 Å². The lowest BCUT2D eigenvalue weighted by molar-refractivity contribution is -0.120. The number of carbonyl (C=O) groups is 4. The minimum Gasteiger partial charge on any atom is -0.496 e. The van der Waals surface area contributed by atoms with Gasteiger partial charge < -0.3 is 24.6 Å². The normalized spacial score (nSPS) is 14.9. The minimum absolute atomic E-state index is 0.0971. The van der Waals surface area contributed by atoms with Crippen LogP contribution in [0.2, 0.25) is 0 Å². The second kappa shape index (κ2) is 12.7. The lowest BCUT2D eigenvalue weighted by atomic mass is 10.0. The lowest BCUT2D eigenvalue weighted by Crippen LogP contribution is -2.53. The number of benzene rings is 4. The third-order valence-corrected chi connectivity index (χ3v) is 7.95. The molecule has 1 aliphatic rings. The number of fused-ring (bicyclic) bond motifs is 2.